The van der Waals surface area contributed by atoms with Crippen LogP contribution in [0.5, 0.6) is 0 Å². The minimum absolute atomic E-state index is 0.0909. The first-order valence-corrected chi connectivity index (χ1v) is 5.35. The third kappa shape index (κ3) is 4.17. The summed E-state index contributed by atoms with van der Waals surface area (Å²) in [4.78, 5) is 13.8. The zero-order valence-corrected chi connectivity index (χ0v) is 10.3. The number of amides is 1. The maximum Gasteiger partial charge on any atom is 0.230 e. The van der Waals surface area contributed by atoms with Crippen LogP contribution in [0.1, 0.15) is 26.3 Å². The van der Waals surface area contributed by atoms with E-state index in [1.165, 1.54) is 5.56 Å². The lowest BCUT2D eigenvalue weighted by atomic mass is 9.87. The molecule has 0 saturated carbocycles. The van der Waals surface area contributed by atoms with Crippen molar-refractivity contribution in [1.29, 1.82) is 0 Å². The Hall–Kier alpha value is -2.00. The molecule has 1 aromatic rings. The summed E-state index contributed by atoms with van der Waals surface area (Å²) in [6.07, 6.45) is 0. The number of nitrogens with zero attached hydrogens (tertiary/aromatic N) is 3. The third-order valence-corrected chi connectivity index (χ3v) is 2.31. The molecule has 0 bridgehead atoms. The molecule has 0 atom stereocenters. The van der Waals surface area contributed by atoms with Crippen LogP contribution in [0.4, 0.5) is 5.69 Å². The minimum Gasteiger partial charge on any atom is -0.326 e. The first-order valence-electron chi connectivity index (χ1n) is 5.35. The van der Waals surface area contributed by atoms with Crippen LogP contribution in [0.3, 0.4) is 0 Å². The molecule has 1 aromatic carbocycles. The molecule has 17 heavy (non-hydrogen) atoms. The van der Waals surface area contributed by atoms with Crippen molar-refractivity contribution in [1.82, 2.24) is 0 Å². The van der Waals surface area contributed by atoms with Gasteiger partial charge in [-0.05, 0) is 28.6 Å². The van der Waals surface area contributed by atoms with Gasteiger partial charge in [-0.1, -0.05) is 38.0 Å². The van der Waals surface area contributed by atoms with Gasteiger partial charge in [-0.3, -0.25) is 4.79 Å². The summed E-state index contributed by atoms with van der Waals surface area (Å²) in [5, 5.41) is 5.84. The van der Waals surface area contributed by atoms with Crippen molar-refractivity contribution in [3.63, 3.8) is 0 Å². The Balaban J connectivity index is 2.69. The lowest BCUT2D eigenvalue weighted by molar-refractivity contribution is -0.114. The number of rotatable bonds is 3. The van der Waals surface area contributed by atoms with E-state index in [9.17, 15) is 4.79 Å². The number of anilines is 1. The van der Waals surface area contributed by atoms with Crippen LogP contribution in [-0.2, 0) is 10.2 Å². The van der Waals surface area contributed by atoms with Crippen LogP contribution in [0.25, 0.3) is 10.4 Å². The maximum atomic E-state index is 11.3. The molecule has 1 amide bonds. The first kappa shape index (κ1) is 13.1. The predicted octanol–water partition coefficient (Wildman–Crippen LogP) is 3.23. The van der Waals surface area contributed by atoms with Crippen LogP contribution in [0.15, 0.2) is 29.4 Å². The Morgan fingerprint density at radius 3 is 2.41 bits per heavy atom. The van der Waals surface area contributed by atoms with Gasteiger partial charge >= 0.3 is 0 Å². The molecule has 0 unspecified atom stereocenters. The molecule has 0 saturated heterocycles. The van der Waals surface area contributed by atoms with Gasteiger partial charge in [0.15, 0.2) is 0 Å². The highest BCUT2D eigenvalue weighted by atomic mass is 16.1. The molecule has 0 aliphatic heterocycles. The van der Waals surface area contributed by atoms with Gasteiger partial charge in [-0.15, -0.1) is 0 Å². The molecule has 0 heterocycles. The van der Waals surface area contributed by atoms with Crippen molar-refractivity contribution < 1.29 is 4.79 Å². The van der Waals surface area contributed by atoms with Crippen LogP contribution in [-0.4, -0.2) is 12.5 Å². The van der Waals surface area contributed by atoms with Crippen LogP contribution in [0, 0.1) is 0 Å². The SMILES string of the molecule is CC(C)(C)c1ccc(NC(=O)CN=[N+]=[N-])cc1. The summed E-state index contributed by atoms with van der Waals surface area (Å²) < 4.78 is 0. The zero-order valence-electron chi connectivity index (χ0n) is 10.3. The summed E-state index contributed by atoms with van der Waals surface area (Å²) in [5.41, 5.74) is 10.1. The molecule has 1 rings (SSSR count). The molecule has 90 valence electrons. The highest BCUT2D eigenvalue weighted by Gasteiger charge is 2.12. The Morgan fingerprint density at radius 2 is 1.94 bits per heavy atom. The second-order valence-electron chi connectivity index (χ2n) is 4.76. The lowest BCUT2D eigenvalue weighted by Crippen LogP contribution is -2.15. The molecular formula is C12H16N4O. The standard InChI is InChI=1S/C12H16N4O/c1-12(2,3)9-4-6-10(7-5-9)15-11(17)8-14-16-13/h4-7H,8H2,1-3H3,(H,15,17). The fraction of sp³-hybridized carbons (Fsp3) is 0.417. The van der Waals surface area contributed by atoms with E-state index in [1.807, 2.05) is 24.3 Å². The van der Waals surface area contributed by atoms with Gasteiger partial charge in [-0.2, -0.15) is 0 Å². The largest absolute Gasteiger partial charge is 0.326 e. The summed E-state index contributed by atoms with van der Waals surface area (Å²) in [5.74, 6) is -0.314. The van der Waals surface area contributed by atoms with Crippen molar-refractivity contribution in [2.45, 2.75) is 26.2 Å². The summed E-state index contributed by atoms with van der Waals surface area (Å²) in [6.45, 7) is 6.20. The normalized spacial score (nSPS) is 10.5. The monoisotopic (exact) mass is 232 g/mol. The van der Waals surface area contributed by atoms with Gasteiger partial charge in [-0.25, -0.2) is 0 Å². The average Bonchev–Trinajstić information content (AvgIpc) is 2.26. The van der Waals surface area contributed by atoms with E-state index in [1.54, 1.807) is 0 Å². The van der Waals surface area contributed by atoms with Crippen LogP contribution in [0.2, 0.25) is 0 Å². The van der Waals surface area contributed by atoms with Gasteiger partial charge in [0.1, 0.15) is 6.54 Å². The Morgan fingerprint density at radius 1 is 1.35 bits per heavy atom. The topological polar surface area (TPSA) is 77.9 Å². The lowest BCUT2D eigenvalue weighted by Gasteiger charge is -2.19. The van der Waals surface area contributed by atoms with E-state index >= 15 is 0 Å². The van der Waals surface area contributed by atoms with Gasteiger partial charge in [0, 0.05) is 10.6 Å². The average molecular weight is 232 g/mol. The molecule has 1 N–H and O–H groups in total. The Bertz CT molecular complexity index is 439. The molecule has 0 aromatic heterocycles. The van der Waals surface area contributed by atoms with Gasteiger partial charge in [0.2, 0.25) is 5.91 Å². The number of azide groups is 1. The van der Waals surface area contributed by atoms with Gasteiger partial charge in [0.05, 0.1) is 0 Å². The number of nitrogens with one attached hydrogen (secondary N) is 1. The van der Waals surface area contributed by atoms with E-state index in [2.05, 4.69) is 36.1 Å². The van der Waals surface area contributed by atoms with Crippen molar-refractivity contribution in [2.24, 2.45) is 5.11 Å². The van der Waals surface area contributed by atoms with Crippen LogP contribution < -0.4 is 5.32 Å². The van der Waals surface area contributed by atoms with E-state index < -0.39 is 0 Å². The molecule has 5 heteroatoms. The number of hydrogen-bond acceptors (Lipinski definition) is 2. The number of benzene rings is 1. The molecular weight excluding hydrogens is 216 g/mol. The fourth-order valence-corrected chi connectivity index (χ4v) is 1.35. The van der Waals surface area contributed by atoms with E-state index in [0.717, 1.165) is 0 Å². The third-order valence-electron chi connectivity index (χ3n) is 2.31. The molecule has 0 aliphatic carbocycles. The smallest absolute Gasteiger partial charge is 0.230 e. The Labute approximate surface area is 100 Å². The minimum atomic E-state index is -0.314. The molecule has 0 spiro atoms. The summed E-state index contributed by atoms with van der Waals surface area (Å²) in [7, 11) is 0. The van der Waals surface area contributed by atoms with Crippen LogP contribution >= 0.6 is 0 Å². The maximum absolute atomic E-state index is 11.3. The van der Waals surface area contributed by atoms with Gasteiger partial charge < -0.3 is 5.32 Å². The quantitative estimate of drug-likeness (QED) is 0.484. The predicted molar refractivity (Wildman–Crippen MR) is 67.8 cm³/mol. The number of carbonyl (C=O) groups is 1. The molecule has 5 nitrogen and oxygen atoms in total. The molecule has 0 aliphatic rings. The molecule has 0 fully saturated rings. The highest BCUT2D eigenvalue weighted by Crippen LogP contribution is 2.23. The van der Waals surface area contributed by atoms with Gasteiger partial charge in [0.25, 0.3) is 0 Å². The van der Waals surface area contributed by atoms with E-state index in [0.29, 0.717) is 5.69 Å². The summed E-state index contributed by atoms with van der Waals surface area (Å²) >= 11 is 0. The zero-order chi connectivity index (χ0) is 12.9. The Kier molecular flexibility index (Phi) is 4.12. The van der Waals surface area contributed by atoms with E-state index in [-0.39, 0.29) is 17.9 Å². The first-order chi connectivity index (χ1) is 7.93. The second kappa shape index (κ2) is 5.37. The fourth-order valence-electron chi connectivity index (χ4n) is 1.35. The van der Waals surface area contributed by atoms with Crippen molar-refractivity contribution >= 4 is 11.6 Å². The van der Waals surface area contributed by atoms with Crippen molar-refractivity contribution in [3.8, 4) is 0 Å². The highest BCUT2D eigenvalue weighted by molar-refractivity contribution is 5.92. The van der Waals surface area contributed by atoms with Crippen molar-refractivity contribution in [2.75, 3.05) is 11.9 Å². The number of carbonyl (C=O) groups excluding carboxylic acids is 1. The van der Waals surface area contributed by atoms with Crippen molar-refractivity contribution in [3.05, 3.63) is 40.3 Å². The summed E-state index contributed by atoms with van der Waals surface area (Å²) in [6, 6.07) is 7.63. The molecule has 0 radical (unpaired) electrons. The number of hydrogen-bond donors (Lipinski definition) is 1. The van der Waals surface area contributed by atoms with E-state index in [4.69, 9.17) is 5.53 Å². The second-order valence-corrected chi connectivity index (χ2v) is 4.76.